The molecular weight excluding hydrogens is 492 g/mol. The van der Waals surface area contributed by atoms with Crippen molar-refractivity contribution in [2.45, 2.75) is 19.9 Å². The second-order valence-electron chi connectivity index (χ2n) is 4.65. The van der Waals surface area contributed by atoms with Crippen molar-refractivity contribution in [3.63, 3.8) is 0 Å². The average molecular weight is 505 g/mol. The van der Waals surface area contributed by atoms with Crippen LogP contribution in [0.25, 0.3) is 11.3 Å². The van der Waals surface area contributed by atoms with Crippen LogP contribution in [0.4, 0.5) is 8.78 Å². The Morgan fingerprint density at radius 1 is 1.44 bits per heavy atom. The van der Waals surface area contributed by atoms with E-state index in [1.54, 1.807) is 25.1 Å². The molecule has 1 radical (unpaired) electrons. The van der Waals surface area contributed by atoms with E-state index in [4.69, 9.17) is 16.3 Å². The van der Waals surface area contributed by atoms with E-state index < -0.39 is 18.5 Å². The summed E-state index contributed by atoms with van der Waals surface area (Å²) in [5, 5.41) is 0.262. The second-order valence-corrected chi connectivity index (χ2v) is 5.91. The first-order valence-electron chi connectivity index (χ1n) is 6.85. The Bertz CT molecular complexity index is 862. The molecule has 0 saturated carbocycles. The van der Waals surface area contributed by atoms with Crippen LogP contribution in [0.5, 0.6) is 5.75 Å². The minimum atomic E-state index is -2.68. The van der Waals surface area contributed by atoms with Crippen molar-refractivity contribution in [2.75, 3.05) is 6.61 Å². The molecule has 0 N–H and O–H groups in total. The fraction of sp³-hybridized carbons (Fsp3) is 0.235. The number of ether oxygens (including phenoxy) is 1. The van der Waals surface area contributed by atoms with Gasteiger partial charge in [-0.05, 0) is 28.6 Å². The third kappa shape index (κ3) is 5.89. The number of rotatable bonds is 5. The maximum absolute atomic E-state index is 12.8. The van der Waals surface area contributed by atoms with E-state index in [-0.39, 0.29) is 54.5 Å². The molecule has 8 heteroatoms. The molecule has 2 aromatic rings. The molecule has 3 nitrogen and oxygen atoms in total. The number of halogens is 4. The van der Waals surface area contributed by atoms with E-state index >= 15 is 0 Å². The van der Waals surface area contributed by atoms with Crippen LogP contribution in [0, 0.1) is 17.9 Å². The summed E-state index contributed by atoms with van der Waals surface area (Å²) in [6.07, 6.45) is -2.68. The average Bonchev–Trinajstić information content (AvgIpc) is 2.53. The molecule has 2 rings (SSSR count). The second kappa shape index (κ2) is 10.4. The minimum absolute atomic E-state index is 0. The summed E-state index contributed by atoms with van der Waals surface area (Å²) in [5.41, 5.74) is 0.0305. The van der Waals surface area contributed by atoms with Gasteiger partial charge < -0.3 is 9.30 Å². The standard InChI is InChI=1S/C17H12BrClF2NO2.Y/c1-2-3-8-24-11-4-5-12(14(19)9-11)15-7-6-13(18)17(23)22(15)10-16(20)21;/h4-6,9,16H,8,10H2,1H3;/q-1;. The first kappa shape index (κ1) is 22.3. The monoisotopic (exact) mass is 503 g/mol. The molecule has 1 aromatic carbocycles. The minimum Gasteiger partial charge on any atom is -0.481 e. The summed E-state index contributed by atoms with van der Waals surface area (Å²) < 4.78 is 32.1. The van der Waals surface area contributed by atoms with Gasteiger partial charge in [0.15, 0.2) is 0 Å². The number of hydrogen-bond donors (Lipinski definition) is 0. The number of aromatic nitrogens is 1. The van der Waals surface area contributed by atoms with Gasteiger partial charge in [0, 0.05) is 32.7 Å². The molecule has 0 saturated heterocycles. The molecule has 25 heavy (non-hydrogen) atoms. The summed E-state index contributed by atoms with van der Waals surface area (Å²) in [7, 11) is 0. The van der Waals surface area contributed by atoms with E-state index in [0.29, 0.717) is 11.3 Å². The Morgan fingerprint density at radius 3 is 2.76 bits per heavy atom. The molecule has 1 heterocycles. The van der Waals surface area contributed by atoms with Crippen LogP contribution in [0.2, 0.25) is 5.02 Å². The van der Waals surface area contributed by atoms with Gasteiger partial charge in [0.2, 0.25) is 5.56 Å². The van der Waals surface area contributed by atoms with Gasteiger partial charge in [-0.3, -0.25) is 4.79 Å². The Kier molecular flexibility index (Phi) is 9.30. The van der Waals surface area contributed by atoms with Crippen LogP contribution in [0.1, 0.15) is 6.92 Å². The van der Waals surface area contributed by atoms with Crippen molar-refractivity contribution in [3.05, 3.63) is 50.2 Å². The molecule has 0 aliphatic rings. The molecule has 0 aliphatic carbocycles. The topological polar surface area (TPSA) is 31.2 Å². The van der Waals surface area contributed by atoms with Crippen molar-refractivity contribution in [3.8, 4) is 28.8 Å². The molecular formula is C17H12BrClF2NO2Y-. The maximum atomic E-state index is 12.8. The number of benzene rings is 1. The zero-order chi connectivity index (χ0) is 17.7. The van der Waals surface area contributed by atoms with E-state index in [0.717, 1.165) is 4.57 Å². The van der Waals surface area contributed by atoms with Gasteiger partial charge in [-0.15, -0.1) is 27.9 Å². The Hall–Kier alpha value is -0.736. The van der Waals surface area contributed by atoms with Crippen LogP contribution >= 0.6 is 27.5 Å². The zero-order valence-electron chi connectivity index (χ0n) is 13.2. The number of hydrogen-bond acceptors (Lipinski definition) is 2. The fourth-order valence-electron chi connectivity index (χ4n) is 2.01. The predicted octanol–water partition coefficient (Wildman–Crippen LogP) is 4.40. The van der Waals surface area contributed by atoms with Crippen molar-refractivity contribution in [2.24, 2.45) is 0 Å². The first-order valence-corrected chi connectivity index (χ1v) is 8.02. The smallest absolute Gasteiger partial charge is 0.256 e. The van der Waals surface area contributed by atoms with Gasteiger partial charge in [0.1, 0.15) is 12.4 Å². The summed E-state index contributed by atoms with van der Waals surface area (Å²) >= 11 is 9.26. The van der Waals surface area contributed by atoms with Crippen molar-refractivity contribution >= 4 is 27.5 Å². The molecule has 1 aromatic heterocycles. The van der Waals surface area contributed by atoms with E-state index in [1.165, 1.54) is 6.07 Å². The summed E-state index contributed by atoms with van der Waals surface area (Å²) in [6, 6.07) is 8.97. The normalized spacial score (nSPS) is 10.0. The van der Waals surface area contributed by atoms with Crippen LogP contribution in [-0.2, 0) is 39.3 Å². The van der Waals surface area contributed by atoms with Gasteiger partial charge in [0.05, 0.1) is 6.54 Å². The molecule has 0 atom stereocenters. The number of nitrogens with zero attached hydrogens (tertiary/aromatic N) is 1. The zero-order valence-corrected chi connectivity index (χ0v) is 18.3. The molecule has 0 aliphatic heterocycles. The van der Waals surface area contributed by atoms with E-state index in [2.05, 4.69) is 33.8 Å². The van der Waals surface area contributed by atoms with Gasteiger partial charge in [-0.1, -0.05) is 28.8 Å². The maximum Gasteiger partial charge on any atom is 0.256 e. The largest absolute Gasteiger partial charge is 0.481 e. The number of alkyl halides is 2. The van der Waals surface area contributed by atoms with Gasteiger partial charge in [-0.25, -0.2) is 8.78 Å². The quantitative estimate of drug-likeness (QED) is 0.447. The van der Waals surface area contributed by atoms with Crippen molar-refractivity contribution < 1.29 is 46.2 Å². The van der Waals surface area contributed by atoms with Gasteiger partial charge in [0.25, 0.3) is 6.43 Å². The Balaban J connectivity index is 0.00000312. The molecule has 0 fully saturated rings. The van der Waals surface area contributed by atoms with E-state index in [1.807, 2.05) is 0 Å². The van der Waals surface area contributed by atoms with Crippen molar-refractivity contribution in [1.82, 2.24) is 4.57 Å². The first-order chi connectivity index (χ1) is 11.4. The van der Waals surface area contributed by atoms with Crippen LogP contribution in [0.15, 0.2) is 33.5 Å². The third-order valence-electron chi connectivity index (χ3n) is 3.06. The SMILES string of the molecule is CC#CCOc1ccc(-c2[c-]cc(Br)c(=O)n2CC(F)F)c(Cl)c1.[Y]. The van der Waals surface area contributed by atoms with E-state index in [9.17, 15) is 13.6 Å². The summed E-state index contributed by atoms with van der Waals surface area (Å²) in [5.74, 6) is 5.94. The molecule has 0 spiro atoms. The predicted molar refractivity (Wildman–Crippen MR) is 92.6 cm³/mol. The molecule has 0 amide bonds. The van der Waals surface area contributed by atoms with Crippen molar-refractivity contribution in [1.29, 1.82) is 0 Å². The van der Waals surface area contributed by atoms with Crippen LogP contribution < -0.4 is 10.3 Å². The third-order valence-corrected chi connectivity index (χ3v) is 3.94. The van der Waals surface area contributed by atoms with Crippen LogP contribution in [-0.4, -0.2) is 17.6 Å². The Morgan fingerprint density at radius 2 is 2.16 bits per heavy atom. The summed E-state index contributed by atoms with van der Waals surface area (Å²) in [6.45, 7) is 1.17. The molecule has 129 valence electrons. The van der Waals surface area contributed by atoms with Crippen LogP contribution in [0.3, 0.4) is 0 Å². The van der Waals surface area contributed by atoms with Gasteiger partial charge in [-0.2, -0.15) is 12.1 Å². The summed E-state index contributed by atoms with van der Waals surface area (Å²) in [4.78, 5) is 12.1. The van der Waals surface area contributed by atoms with Gasteiger partial charge >= 0.3 is 0 Å². The molecule has 0 bridgehead atoms. The fourth-order valence-corrected chi connectivity index (χ4v) is 2.59. The molecule has 0 unspecified atom stereocenters. The Labute approximate surface area is 182 Å². The number of pyridine rings is 1.